The van der Waals surface area contributed by atoms with E-state index in [4.69, 9.17) is 5.11 Å². The molecule has 0 aliphatic heterocycles. The summed E-state index contributed by atoms with van der Waals surface area (Å²) in [5.74, 6) is -1.19. The molecule has 1 aromatic carbocycles. The first-order valence-electron chi connectivity index (χ1n) is 4.83. The van der Waals surface area contributed by atoms with Gasteiger partial charge in [0.25, 0.3) is 0 Å². The third-order valence-electron chi connectivity index (χ3n) is 2.02. The zero-order chi connectivity index (χ0) is 12.1. The molecule has 0 aliphatic carbocycles. The number of hydrogen-bond acceptors (Lipinski definition) is 2. The van der Waals surface area contributed by atoms with E-state index in [0.29, 0.717) is 12.1 Å². The maximum absolute atomic E-state index is 11.5. The summed E-state index contributed by atoms with van der Waals surface area (Å²) in [5, 5.41) is 11.4. The third-order valence-corrected chi connectivity index (χ3v) is 3.08. The van der Waals surface area contributed by atoms with Gasteiger partial charge >= 0.3 is 5.97 Å². The van der Waals surface area contributed by atoms with Crippen molar-refractivity contribution >= 4 is 33.5 Å². The zero-order valence-electron chi connectivity index (χ0n) is 8.74. The molecule has 0 unspecified atom stereocenters. The second-order valence-electron chi connectivity index (χ2n) is 3.25. The van der Waals surface area contributed by atoms with Gasteiger partial charge in [0.05, 0.1) is 10.4 Å². The Bertz CT molecular complexity index is 406. The van der Waals surface area contributed by atoms with E-state index in [0.717, 1.165) is 0 Å². The molecule has 0 heterocycles. The molecule has 1 aromatic rings. The molecule has 0 saturated carbocycles. The molecule has 5 heteroatoms. The van der Waals surface area contributed by atoms with E-state index in [9.17, 15) is 9.59 Å². The first-order chi connectivity index (χ1) is 7.54. The second-order valence-corrected chi connectivity index (χ2v) is 4.36. The number of carbonyl (C=O) groups is 2. The number of halogens is 1. The van der Waals surface area contributed by atoms with Gasteiger partial charge in [-0.1, -0.05) is 28.9 Å². The second kappa shape index (κ2) is 5.65. The van der Waals surface area contributed by atoms with Crippen molar-refractivity contribution in [3.05, 3.63) is 29.8 Å². The molecule has 16 heavy (non-hydrogen) atoms. The predicted molar refractivity (Wildman–Crippen MR) is 65.0 cm³/mol. The molecule has 1 amide bonds. The number of alkyl halides is 1. The number of aromatic carboxylic acids is 1. The lowest BCUT2D eigenvalue weighted by Crippen LogP contribution is -2.22. The highest BCUT2D eigenvalue weighted by atomic mass is 79.9. The highest BCUT2D eigenvalue weighted by Crippen LogP contribution is 2.13. The fourth-order valence-corrected chi connectivity index (χ4v) is 1.25. The maximum Gasteiger partial charge on any atom is 0.335 e. The lowest BCUT2D eigenvalue weighted by Gasteiger charge is -2.08. The third kappa shape index (κ3) is 3.34. The van der Waals surface area contributed by atoms with Crippen LogP contribution in [0.3, 0.4) is 0 Å². The summed E-state index contributed by atoms with van der Waals surface area (Å²) in [6.45, 7) is 1.88. The highest BCUT2D eigenvalue weighted by Gasteiger charge is 2.12. The van der Waals surface area contributed by atoms with E-state index in [1.807, 2.05) is 6.92 Å². The van der Waals surface area contributed by atoms with Crippen LogP contribution in [0, 0.1) is 0 Å². The van der Waals surface area contributed by atoms with E-state index in [2.05, 4.69) is 21.2 Å². The Balaban J connectivity index is 2.78. The smallest absolute Gasteiger partial charge is 0.335 e. The Kier molecular flexibility index (Phi) is 4.49. The largest absolute Gasteiger partial charge is 0.478 e. The number of benzene rings is 1. The van der Waals surface area contributed by atoms with Gasteiger partial charge in [0, 0.05) is 5.69 Å². The van der Waals surface area contributed by atoms with Crippen molar-refractivity contribution in [2.75, 3.05) is 5.32 Å². The van der Waals surface area contributed by atoms with Crippen LogP contribution in [0.5, 0.6) is 0 Å². The summed E-state index contributed by atoms with van der Waals surface area (Å²) in [6.07, 6.45) is 0.671. The summed E-state index contributed by atoms with van der Waals surface area (Å²) in [4.78, 5) is 22.0. The fourth-order valence-electron chi connectivity index (χ4n) is 1.14. The SMILES string of the molecule is CC[C@@H](Br)C(=O)Nc1cccc(C(=O)O)c1. The molecular weight excluding hydrogens is 274 g/mol. The van der Waals surface area contributed by atoms with Crippen molar-refractivity contribution in [2.24, 2.45) is 0 Å². The quantitative estimate of drug-likeness (QED) is 0.836. The van der Waals surface area contributed by atoms with Gasteiger partial charge in [-0.3, -0.25) is 4.79 Å². The monoisotopic (exact) mass is 285 g/mol. The summed E-state index contributed by atoms with van der Waals surface area (Å²) in [5.41, 5.74) is 0.642. The molecule has 0 aliphatic rings. The average molecular weight is 286 g/mol. The van der Waals surface area contributed by atoms with Crippen molar-refractivity contribution in [3.8, 4) is 0 Å². The van der Waals surface area contributed by atoms with Crippen molar-refractivity contribution in [1.29, 1.82) is 0 Å². The number of amides is 1. The van der Waals surface area contributed by atoms with E-state index in [1.165, 1.54) is 12.1 Å². The minimum Gasteiger partial charge on any atom is -0.478 e. The Hall–Kier alpha value is -1.36. The van der Waals surface area contributed by atoms with Gasteiger partial charge in [-0.2, -0.15) is 0 Å². The van der Waals surface area contributed by atoms with Crippen molar-refractivity contribution in [2.45, 2.75) is 18.2 Å². The predicted octanol–water partition coefficient (Wildman–Crippen LogP) is 2.50. The van der Waals surface area contributed by atoms with Gasteiger partial charge in [-0.25, -0.2) is 4.79 Å². The molecule has 0 spiro atoms. The zero-order valence-corrected chi connectivity index (χ0v) is 10.3. The average Bonchev–Trinajstić information content (AvgIpc) is 2.28. The first kappa shape index (κ1) is 12.7. The van der Waals surface area contributed by atoms with Crippen LogP contribution in [0.25, 0.3) is 0 Å². The van der Waals surface area contributed by atoms with Crippen molar-refractivity contribution < 1.29 is 14.7 Å². The molecule has 1 rings (SSSR count). The Morgan fingerprint density at radius 3 is 2.75 bits per heavy atom. The van der Waals surface area contributed by atoms with Crippen LogP contribution < -0.4 is 5.32 Å². The van der Waals surface area contributed by atoms with Gasteiger partial charge in [-0.05, 0) is 24.6 Å². The van der Waals surface area contributed by atoms with E-state index in [-0.39, 0.29) is 16.3 Å². The number of carboxylic acid groups (broad SMARTS) is 1. The van der Waals surface area contributed by atoms with Crippen LogP contribution in [-0.4, -0.2) is 21.8 Å². The van der Waals surface area contributed by atoms with Crippen molar-refractivity contribution in [3.63, 3.8) is 0 Å². The summed E-state index contributed by atoms with van der Waals surface area (Å²) < 4.78 is 0. The number of carboxylic acids is 1. The minimum atomic E-state index is -1.01. The number of rotatable bonds is 4. The van der Waals surface area contributed by atoms with Gasteiger partial charge in [0.2, 0.25) is 5.91 Å². The maximum atomic E-state index is 11.5. The van der Waals surface area contributed by atoms with Crippen LogP contribution in [0.1, 0.15) is 23.7 Å². The van der Waals surface area contributed by atoms with Crippen LogP contribution >= 0.6 is 15.9 Å². The lowest BCUT2D eigenvalue weighted by atomic mass is 10.2. The highest BCUT2D eigenvalue weighted by molar-refractivity contribution is 9.10. The summed E-state index contributed by atoms with van der Waals surface area (Å²) in [7, 11) is 0. The summed E-state index contributed by atoms with van der Waals surface area (Å²) >= 11 is 3.22. The van der Waals surface area contributed by atoms with E-state index >= 15 is 0 Å². The number of hydrogen-bond donors (Lipinski definition) is 2. The normalized spacial score (nSPS) is 11.9. The molecule has 0 fully saturated rings. The molecule has 0 bridgehead atoms. The Labute approximate surface area is 102 Å². The van der Waals surface area contributed by atoms with Crippen LogP contribution in [0.15, 0.2) is 24.3 Å². The van der Waals surface area contributed by atoms with Gasteiger partial charge in [-0.15, -0.1) is 0 Å². The van der Waals surface area contributed by atoms with Gasteiger partial charge in [0.1, 0.15) is 0 Å². The first-order valence-corrected chi connectivity index (χ1v) is 5.74. The number of nitrogens with one attached hydrogen (secondary N) is 1. The topological polar surface area (TPSA) is 66.4 Å². The number of carbonyl (C=O) groups excluding carboxylic acids is 1. The van der Waals surface area contributed by atoms with E-state index < -0.39 is 5.97 Å². The molecular formula is C11H12BrNO3. The standard InChI is InChI=1S/C11H12BrNO3/c1-2-9(12)10(14)13-8-5-3-4-7(6-8)11(15)16/h3-6,9H,2H2,1H3,(H,13,14)(H,15,16)/t9-/m1/s1. The molecule has 86 valence electrons. The van der Waals surface area contributed by atoms with Crippen LogP contribution in [0.4, 0.5) is 5.69 Å². The molecule has 2 N–H and O–H groups in total. The molecule has 0 saturated heterocycles. The van der Waals surface area contributed by atoms with Crippen LogP contribution in [0.2, 0.25) is 0 Å². The number of anilines is 1. The van der Waals surface area contributed by atoms with Crippen LogP contribution in [-0.2, 0) is 4.79 Å². The van der Waals surface area contributed by atoms with Crippen molar-refractivity contribution in [1.82, 2.24) is 0 Å². The van der Waals surface area contributed by atoms with E-state index in [1.54, 1.807) is 12.1 Å². The van der Waals surface area contributed by atoms with Gasteiger partial charge < -0.3 is 10.4 Å². The van der Waals surface area contributed by atoms with Gasteiger partial charge in [0.15, 0.2) is 0 Å². The molecule has 0 aromatic heterocycles. The molecule has 4 nitrogen and oxygen atoms in total. The Morgan fingerprint density at radius 2 is 2.19 bits per heavy atom. The minimum absolute atomic E-state index is 0.153. The molecule has 0 radical (unpaired) electrons. The summed E-state index contributed by atoms with van der Waals surface area (Å²) in [6, 6.07) is 6.15. The Morgan fingerprint density at radius 1 is 1.50 bits per heavy atom. The fraction of sp³-hybridized carbons (Fsp3) is 0.273. The molecule has 1 atom stereocenters. The lowest BCUT2D eigenvalue weighted by molar-refractivity contribution is -0.115.